The first-order chi connectivity index (χ1) is 12.2. The summed E-state index contributed by atoms with van der Waals surface area (Å²) in [6.45, 7) is 1.64. The molecule has 0 bridgehead atoms. The van der Waals surface area contributed by atoms with Crippen molar-refractivity contribution in [1.29, 1.82) is 0 Å². The lowest BCUT2D eigenvalue weighted by atomic mass is 9.73. The third-order valence-electron chi connectivity index (χ3n) is 4.83. The standard InChI is InChI=1S/C20H22FNO3/c1-24-18-9-5-3-7-16(18)20(10-12-25-13-11-20)14-22-19(23)15-6-2-4-8-17(15)21/h2-9H,10-14H2,1H3,(H,22,23). The van der Waals surface area contributed by atoms with Crippen LogP contribution >= 0.6 is 0 Å². The van der Waals surface area contributed by atoms with E-state index < -0.39 is 11.7 Å². The molecule has 1 aliphatic heterocycles. The predicted octanol–water partition coefficient (Wildman–Crippen LogP) is 3.31. The van der Waals surface area contributed by atoms with Crippen molar-refractivity contribution in [1.82, 2.24) is 5.32 Å². The zero-order chi connectivity index (χ0) is 17.7. The zero-order valence-electron chi connectivity index (χ0n) is 14.3. The molecule has 25 heavy (non-hydrogen) atoms. The predicted molar refractivity (Wildman–Crippen MR) is 93.5 cm³/mol. The van der Waals surface area contributed by atoms with Crippen LogP contribution in [0.3, 0.4) is 0 Å². The number of hydrogen-bond acceptors (Lipinski definition) is 3. The molecule has 132 valence electrons. The van der Waals surface area contributed by atoms with E-state index in [1.165, 1.54) is 12.1 Å². The van der Waals surface area contributed by atoms with Crippen LogP contribution in [-0.4, -0.2) is 32.8 Å². The second-order valence-electron chi connectivity index (χ2n) is 6.26. The molecule has 0 atom stereocenters. The Bertz CT molecular complexity index is 741. The minimum atomic E-state index is -0.515. The fraction of sp³-hybridized carbons (Fsp3) is 0.350. The van der Waals surface area contributed by atoms with Crippen LogP contribution in [-0.2, 0) is 10.2 Å². The number of methoxy groups -OCH3 is 1. The second-order valence-corrected chi connectivity index (χ2v) is 6.26. The highest BCUT2D eigenvalue weighted by Crippen LogP contribution is 2.39. The van der Waals surface area contributed by atoms with E-state index in [0.29, 0.717) is 19.8 Å². The summed E-state index contributed by atoms with van der Waals surface area (Å²) in [6.07, 6.45) is 1.54. The lowest BCUT2D eigenvalue weighted by Crippen LogP contribution is -2.45. The Labute approximate surface area is 147 Å². The molecule has 2 aromatic carbocycles. The Morgan fingerprint density at radius 2 is 1.84 bits per heavy atom. The zero-order valence-corrected chi connectivity index (χ0v) is 14.3. The van der Waals surface area contributed by atoms with Gasteiger partial charge in [-0.2, -0.15) is 0 Å². The largest absolute Gasteiger partial charge is 0.496 e. The van der Waals surface area contributed by atoms with Crippen LogP contribution < -0.4 is 10.1 Å². The van der Waals surface area contributed by atoms with Crippen molar-refractivity contribution < 1.29 is 18.7 Å². The number of halogens is 1. The van der Waals surface area contributed by atoms with E-state index in [1.807, 2.05) is 24.3 Å². The van der Waals surface area contributed by atoms with Gasteiger partial charge in [0.2, 0.25) is 0 Å². The van der Waals surface area contributed by atoms with Crippen molar-refractivity contribution in [2.45, 2.75) is 18.3 Å². The number of ether oxygens (including phenoxy) is 2. The molecule has 4 nitrogen and oxygen atoms in total. The summed E-state index contributed by atoms with van der Waals surface area (Å²) >= 11 is 0. The maximum Gasteiger partial charge on any atom is 0.254 e. The number of rotatable bonds is 5. The van der Waals surface area contributed by atoms with Gasteiger partial charge in [-0.15, -0.1) is 0 Å². The fourth-order valence-corrected chi connectivity index (χ4v) is 3.38. The number of carbonyl (C=O) groups is 1. The third kappa shape index (κ3) is 3.66. The van der Waals surface area contributed by atoms with Gasteiger partial charge < -0.3 is 14.8 Å². The van der Waals surface area contributed by atoms with Crippen LogP contribution in [0.1, 0.15) is 28.8 Å². The Morgan fingerprint density at radius 3 is 2.56 bits per heavy atom. The number of carbonyl (C=O) groups excluding carboxylic acids is 1. The summed E-state index contributed by atoms with van der Waals surface area (Å²) in [7, 11) is 1.64. The summed E-state index contributed by atoms with van der Waals surface area (Å²) in [6, 6.07) is 13.8. The summed E-state index contributed by atoms with van der Waals surface area (Å²) in [4.78, 5) is 12.4. The normalized spacial score (nSPS) is 16.2. The highest BCUT2D eigenvalue weighted by molar-refractivity contribution is 5.94. The van der Waals surface area contributed by atoms with Gasteiger partial charge in [0.1, 0.15) is 11.6 Å². The van der Waals surface area contributed by atoms with E-state index in [2.05, 4.69) is 5.32 Å². The van der Waals surface area contributed by atoms with Gasteiger partial charge >= 0.3 is 0 Å². The quantitative estimate of drug-likeness (QED) is 0.906. The third-order valence-corrected chi connectivity index (χ3v) is 4.83. The van der Waals surface area contributed by atoms with Gasteiger partial charge in [-0.1, -0.05) is 30.3 Å². The smallest absolute Gasteiger partial charge is 0.254 e. The maximum absolute atomic E-state index is 13.8. The average Bonchev–Trinajstić information content (AvgIpc) is 2.67. The number of hydrogen-bond donors (Lipinski definition) is 1. The maximum atomic E-state index is 13.8. The van der Waals surface area contributed by atoms with E-state index >= 15 is 0 Å². The van der Waals surface area contributed by atoms with E-state index in [1.54, 1.807) is 19.2 Å². The van der Waals surface area contributed by atoms with Crippen LogP contribution in [0.5, 0.6) is 5.75 Å². The molecule has 0 aliphatic carbocycles. The minimum Gasteiger partial charge on any atom is -0.496 e. The molecule has 1 saturated heterocycles. The van der Waals surface area contributed by atoms with Crippen molar-refractivity contribution in [3.63, 3.8) is 0 Å². The highest BCUT2D eigenvalue weighted by atomic mass is 19.1. The van der Waals surface area contributed by atoms with Gasteiger partial charge in [0, 0.05) is 30.7 Å². The first-order valence-corrected chi connectivity index (χ1v) is 8.40. The Morgan fingerprint density at radius 1 is 1.16 bits per heavy atom. The first-order valence-electron chi connectivity index (χ1n) is 8.40. The summed E-state index contributed by atoms with van der Waals surface area (Å²) in [5.41, 5.74) is 0.825. The molecule has 0 spiro atoms. The molecule has 5 heteroatoms. The van der Waals surface area contributed by atoms with Crippen LogP contribution in [0.4, 0.5) is 4.39 Å². The van der Waals surface area contributed by atoms with Crippen LogP contribution in [0.25, 0.3) is 0 Å². The molecule has 1 amide bonds. The Balaban J connectivity index is 1.84. The van der Waals surface area contributed by atoms with Crippen LogP contribution in [0.15, 0.2) is 48.5 Å². The van der Waals surface area contributed by atoms with Gasteiger partial charge in [-0.3, -0.25) is 4.79 Å². The topological polar surface area (TPSA) is 47.6 Å². The molecular formula is C20H22FNO3. The highest BCUT2D eigenvalue weighted by Gasteiger charge is 2.37. The lowest BCUT2D eigenvalue weighted by molar-refractivity contribution is 0.0478. The van der Waals surface area contributed by atoms with Crippen molar-refractivity contribution >= 4 is 5.91 Å². The molecule has 0 saturated carbocycles. The molecule has 0 radical (unpaired) electrons. The number of amides is 1. The van der Waals surface area contributed by atoms with Crippen molar-refractivity contribution in [3.05, 3.63) is 65.5 Å². The molecule has 1 N–H and O–H groups in total. The molecular weight excluding hydrogens is 321 g/mol. The molecule has 1 aliphatic rings. The molecule has 1 fully saturated rings. The van der Waals surface area contributed by atoms with Gasteiger partial charge in [0.25, 0.3) is 5.91 Å². The fourth-order valence-electron chi connectivity index (χ4n) is 3.38. The number of benzene rings is 2. The van der Waals surface area contributed by atoms with Crippen LogP contribution in [0.2, 0.25) is 0 Å². The van der Waals surface area contributed by atoms with Crippen molar-refractivity contribution in [2.24, 2.45) is 0 Å². The SMILES string of the molecule is COc1ccccc1C1(CNC(=O)c2ccccc2F)CCOCC1. The van der Waals surface area contributed by atoms with E-state index in [4.69, 9.17) is 9.47 Å². The van der Waals surface area contributed by atoms with Gasteiger partial charge in [-0.25, -0.2) is 4.39 Å². The lowest BCUT2D eigenvalue weighted by Gasteiger charge is -2.38. The Kier molecular flexibility index (Phi) is 5.34. The van der Waals surface area contributed by atoms with Crippen molar-refractivity contribution in [3.8, 4) is 5.75 Å². The van der Waals surface area contributed by atoms with Crippen molar-refractivity contribution in [2.75, 3.05) is 26.9 Å². The van der Waals surface area contributed by atoms with Crippen LogP contribution in [0, 0.1) is 5.82 Å². The van der Waals surface area contributed by atoms with Gasteiger partial charge in [0.05, 0.1) is 12.7 Å². The summed E-state index contributed by atoms with van der Waals surface area (Å²) in [5.74, 6) is -0.123. The van der Waals surface area contributed by atoms with E-state index in [-0.39, 0.29) is 11.0 Å². The molecule has 2 aromatic rings. The first kappa shape index (κ1) is 17.4. The second kappa shape index (κ2) is 7.66. The van der Waals surface area contributed by atoms with Gasteiger partial charge in [0.15, 0.2) is 0 Å². The Hall–Kier alpha value is -2.40. The molecule has 0 aromatic heterocycles. The summed E-state index contributed by atoms with van der Waals surface area (Å²) < 4.78 is 24.9. The molecule has 1 heterocycles. The van der Waals surface area contributed by atoms with E-state index in [9.17, 15) is 9.18 Å². The van der Waals surface area contributed by atoms with E-state index in [0.717, 1.165) is 24.2 Å². The summed E-state index contributed by atoms with van der Waals surface area (Å²) in [5, 5.41) is 2.91. The minimum absolute atomic E-state index is 0.0599. The monoisotopic (exact) mass is 343 g/mol. The number of nitrogens with one attached hydrogen (secondary N) is 1. The molecule has 3 rings (SSSR count). The van der Waals surface area contributed by atoms with Gasteiger partial charge in [-0.05, 0) is 31.0 Å². The molecule has 0 unspecified atom stereocenters. The average molecular weight is 343 g/mol. The number of para-hydroxylation sites is 1.